The number of benzene rings is 5. The van der Waals surface area contributed by atoms with Crippen LogP contribution in [0.3, 0.4) is 0 Å². The summed E-state index contributed by atoms with van der Waals surface area (Å²) in [4.78, 5) is 17.9. The van der Waals surface area contributed by atoms with E-state index in [0.29, 0.717) is 16.3 Å². The molecule has 0 spiro atoms. The lowest BCUT2D eigenvalue weighted by atomic mass is 9.99. The predicted octanol–water partition coefficient (Wildman–Crippen LogP) is 9.26. The van der Waals surface area contributed by atoms with Gasteiger partial charge in [-0.1, -0.05) is 66.2 Å². The Hall–Kier alpha value is -4.14. The second-order valence-corrected chi connectivity index (χ2v) is 16.6. The number of thioether (sulfide) groups is 1. The molecule has 0 unspecified atom stereocenters. The van der Waals surface area contributed by atoms with Crippen LogP contribution in [0.25, 0.3) is 11.1 Å². The molecule has 14 heteroatoms. The molecule has 1 saturated heterocycles. The van der Waals surface area contributed by atoms with Crippen LogP contribution in [0, 0.1) is 0 Å². The summed E-state index contributed by atoms with van der Waals surface area (Å²) in [5.41, 5.74) is -0.767. The quantitative estimate of drug-likeness (QED) is 0.0694. The number of hydrogen-bond acceptors (Lipinski definition) is 8. The van der Waals surface area contributed by atoms with Crippen molar-refractivity contribution in [2.45, 2.75) is 26.7 Å². The molecule has 5 aromatic carbocycles. The summed E-state index contributed by atoms with van der Waals surface area (Å²) >= 11 is 8.33. The summed E-state index contributed by atoms with van der Waals surface area (Å²) in [5, 5.41) is 3.53. The molecule has 0 radical (unpaired) electrons. The van der Waals surface area contributed by atoms with E-state index in [2.05, 4.69) is 38.0 Å². The van der Waals surface area contributed by atoms with Crippen LogP contribution in [0.5, 0.6) is 0 Å². The molecule has 7 nitrogen and oxygen atoms in total. The second-order valence-electron chi connectivity index (χ2n) is 12.2. The minimum absolute atomic E-state index is 0.135. The van der Waals surface area contributed by atoms with Gasteiger partial charge in [-0.25, -0.2) is 8.42 Å². The Morgan fingerprint density at radius 3 is 2.17 bits per heavy atom. The van der Waals surface area contributed by atoms with Crippen molar-refractivity contribution in [1.29, 1.82) is 0 Å². The van der Waals surface area contributed by atoms with Gasteiger partial charge in [-0.2, -0.15) is 13.2 Å². The molecule has 1 heterocycles. The third-order valence-corrected chi connectivity index (χ3v) is 12.2. The second kappa shape index (κ2) is 17.3. The fourth-order valence-corrected chi connectivity index (χ4v) is 8.49. The molecule has 6 rings (SSSR count). The van der Waals surface area contributed by atoms with Crippen LogP contribution in [0.4, 0.5) is 24.5 Å². The number of carbonyl (C=O) groups is 1. The Labute approximate surface area is 321 Å². The zero-order valence-electron chi connectivity index (χ0n) is 28.4. The van der Waals surface area contributed by atoms with Gasteiger partial charge in [-0.3, -0.25) is 14.4 Å². The van der Waals surface area contributed by atoms with Crippen molar-refractivity contribution in [3.63, 3.8) is 0 Å². The number of amides is 1. The summed E-state index contributed by atoms with van der Waals surface area (Å²) < 4.78 is 68.5. The molecule has 1 aliphatic heterocycles. The highest BCUT2D eigenvalue weighted by molar-refractivity contribution is 7.99. The average Bonchev–Trinajstić information content (AvgIpc) is 3.17. The van der Waals surface area contributed by atoms with Crippen molar-refractivity contribution in [1.82, 2.24) is 9.62 Å². The Morgan fingerprint density at radius 2 is 1.47 bits per heavy atom. The molecule has 0 aliphatic carbocycles. The Bertz CT molecular complexity index is 2110. The third kappa shape index (κ3) is 9.89. The van der Waals surface area contributed by atoms with Crippen molar-refractivity contribution >= 4 is 62.4 Å². The predicted molar refractivity (Wildman–Crippen MR) is 209 cm³/mol. The molecule has 5 aromatic rings. The van der Waals surface area contributed by atoms with Gasteiger partial charge in [0.15, 0.2) is 0 Å². The van der Waals surface area contributed by atoms with Crippen LogP contribution in [-0.2, 0) is 16.4 Å². The maximum absolute atomic E-state index is 13.6. The van der Waals surface area contributed by atoms with Crippen molar-refractivity contribution in [3.8, 4) is 11.1 Å². The van der Waals surface area contributed by atoms with E-state index < -0.39 is 26.1 Å². The monoisotopic (exact) mass is 796 g/mol. The molecule has 0 atom stereocenters. The molecular weight excluding hydrogens is 761 g/mol. The topological polar surface area (TPSA) is 81.8 Å². The number of nitrogens with one attached hydrogen (secondary N) is 2. The van der Waals surface area contributed by atoms with E-state index in [4.69, 9.17) is 11.6 Å². The van der Waals surface area contributed by atoms with Crippen LogP contribution >= 0.6 is 35.3 Å². The van der Waals surface area contributed by atoms with Gasteiger partial charge in [0.1, 0.15) is 4.90 Å². The molecular formula is C39H36ClF3N4O3S3. The van der Waals surface area contributed by atoms with Gasteiger partial charge in [-0.05, 0) is 95.4 Å². The van der Waals surface area contributed by atoms with E-state index in [1.165, 1.54) is 35.0 Å². The molecule has 1 aliphatic rings. The average molecular weight is 797 g/mol. The van der Waals surface area contributed by atoms with Crippen LogP contribution in [0.15, 0.2) is 136 Å². The largest absolute Gasteiger partial charge is 0.501 e. The highest BCUT2D eigenvalue weighted by Crippen LogP contribution is 2.37. The fourth-order valence-electron chi connectivity index (χ4n) is 5.89. The maximum atomic E-state index is 13.6. The van der Waals surface area contributed by atoms with E-state index in [0.717, 1.165) is 66.9 Å². The first-order valence-electron chi connectivity index (χ1n) is 16.7. The van der Waals surface area contributed by atoms with Gasteiger partial charge in [-0.15, -0.1) is 11.8 Å². The minimum Gasteiger partial charge on any atom is -0.383 e. The van der Waals surface area contributed by atoms with Gasteiger partial charge in [0.2, 0.25) is 0 Å². The lowest BCUT2D eigenvalue weighted by Gasteiger charge is -2.36. The summed E-state index contributed by atoms with van der Waals surface area (Å²) in [6.45, 7) is 4.39. The maximum Gasteiger partial charge on any atom is 0.501 e. The number of halogens is 4. The first-order chi connectivity index (χ1) is 25.5. The molecule has 0 saturated carbocycles. The van der Waals surface area contributed by atoms with E-state index in [1.807, 2.05) is 72.8 Å². The third-order valence-electron chi connectivity index (χ3n) is 8.67. The normalized spacial score (nSPS) is 13.8. The lowest BCUT2D eigenvalue weighted by Crippen LogP contribution is -2.46. The number of rotatable bonds is 13. The van der Waals surface area contributed by atoms with E-state index >= 15 is 0 Å². The first-order valence-corrected chi connectivity index (χ1v) is 20.4. The zero-order chi connectivity index (χ0) is 37.4. The van der Waals surface area contributed by atoms with Gasteiger partial charge in [0, 0.05) is 71.1 Å². The molecule has 276 valence electrons. The molecule has 2 N–H and O–H groups in total. The Morgan fingerprint density at radius 1 is 0.792 bits per heavy atom. The van der Waals surface area contributed by atoms with E-state index in [9.17, 15) is 26.4 Å². The molecule has 1 fully saturated rings. The smallest absolute Gasteiger partial charge is 0.383 e. The summed E-state index contributed by atoms with van der Waals surface area (Å²) in [5.74, 6) is 0.0314. The number of anilines is 2. The number of hydrogen-bond donors (Lipinski definition) is 2. The van der Waals surface area contributed by atoms with Crippen LogP contribution < -0.4 is 14.9 Å². The molecule has 0 bridgehead atoms. The number of alkyl halides is 3. The molecule has 53 heavy (non-hydrogen) atoms. The van der Waals surface area contributed by atoms with Gasteiger partial charge < -0.3 is 10.2 Å². The van der Waals surface area contributed by atoms with Crippen LogP contribution in [-0.4, -0.2) is 63.2 Å². The van der Waals surface area contributed by atoms with Gasteiger partial charge in [0.25, 0.3) is 15.7 Å². The molecule has 1 amide bonds. The van der Waals surface area contributed by atoms with E-state index in [1.54, 1.807) is 12.1 Å². The SMILES string of the molecule is O=C(NSc1ccc(NCCSc2ccccc2)c(S(=O)(=O)C(F)(F)F)c1)c1ccc(N2CCN(Cc3ccccc3-c3ccc(Cl)cc3)CC2)cc1. The Kier molecular flexibility index (Phi) is 12.6. The van der Waals surface area contributed by atoms with Crippen LogP contribution in [0.2, 0.25) is 5.02 Å². The van der Waals surface area contributed by atoms with Gasteiger partial charge in [0.05, 0.1) is 5.69 Å². The van der Waals surface area contributed by atoms with E-state index in [-0.39, 0.29) is 17.1 Å². The summed E-state index contributed by atoms with van der Waals surface area (Å²) in [6, 6.07) is 36.5. The van der Waals surface area contributed by atoms with Crippen molar-refractivity contribution in [2.75, 3.05) is 48.7 Å². The first kappa shape index (κ1) is 38.6. The summed E-state index contributed by atoms with van der Waals surface area (Å²) in [7, 11) is -5.67. The number of nitrogens with zero attached hydrogens (tertiary/aromatic N) is 2. The number of piperazine rings is 1. The highest BCUT2D eigenvalue weighted by atomic mass is 35.5. The standard InChI is InChI=1S/C39H36ClF3N4O3S3/c40-31-14-10-28(11-15-31)35-9-5-4-6-30(35)27-46-21-23-47(24-22-46)32-16-12-29(13-17-32)38(48)45-52-34-18-19-36(37(26-34)53(49,50)39(41,42)43)44-20-25-51-33-7-2-1-3-8-33/h1-19,26,44H,20-25,27H2,(H,45,48). The van der Waals surface area contributed by atoms with Crippen molar-refractivity contribution in [3.05, 3.63) is 137 Å². The Balaban J connectivity index is 1.03. The number of carbonyl (C=O) groups excluding carboxylic acids is 1. The molecule has 0 aromatic heterocycles. The van der Waals surface area contributed by atoms with Gasteiger partial charge >= 0.3 is 5.51 Å². The number of sulfone groups is 1. The lowest BCUT2D eigenvalue weighted by molar-refractivity contribution is -0.0435. The summed E-state index contributed by atoms with van der Waals surface area (Å²) in [6.07, 6.45) is 0. The zero-order valence-corrected chi connectivity index (χ0v) is 31.6. The van der Waals surface area contributed by atoms with Crippen LogP contribution in [0.1, 0.15) is 15.9 Å². The fraction of sp³-hybridized carbons (Fsp3) is 0.205. The highest BCUT2D eigenvalue weighted by Gasteiger charge is 2.48. The minimum atomic E-state index is -5.67. The van der Waals surface area contributed by atoms with Crippen molar-refractivity contribution < 1.29 is 26.4 Å². The van der Waals surface area contributed by atoms with Crippen molar-refractivity contribution in [2.24, 2.45) is 0 Å².